The van der Waals surface area contributed by atoms with E-state index in [0.29, 0.717) is 32.0 Å². The number of sulfonamides is 1. The second-order valence-corrected chi connectivity index (χ2v) is 9.23. The average molecular weight is 494 g/mol. The van der Waals surface area contributed by atoms with Gasteiger partial charge in [0.05, 0.1) is 25.8 Å². The fraction of sp³-hybridized carbons (Fsp3) is 0.0526. The third kappa shape index (κ3) is 5.92. The summed E-state index contributed by atoms with van der Waals surface area (Å²) in [6.07, 6.45) is 0. The number of halogens is 4. The van der Waals surface area contributed by atoms with E-state index in [9.17, 15) is 8.42 Å². The highest BCUT2D eigenvalue weighted by Gasteiger charge is 2.27. The molecular formula is C19H16Cl4N2O3S. The van der Waals surface area contributed by atoms with E-state index in [1.165, 1.54) is 18.2 Å². The molecule has 154 valence electrons. The van der Waals surface area contributed by atoms with E-state index in [-0.39, 0.29) is 10.5 Å². The number of hydrogen-bond donors (Lipinski definition) is 2. The van der Waals surface area contributed by atoms with Crippen LogP contribution in [0.15, 0.2) is 66.7 Å². The van der Waals surface area contributed by atoms with E-state index < -0.39 is 15.4 Å². The van der Waals surface area contributed by atoms with Crippen molar-refractivity contribution in [2.45, 2.75) is 5.37 Å². The molecular weight excluding hydrogens is 478 g/mol. The Bertz CT molecular complexity index is 1100. The number of nitrogens with one attached hydrogen (secondary N) is 2. The summed E-state index contributed by atoms with van der Waals surface area (Å²) in [5, 5.41) is 3.17. The van der Waals surface area contributed by atoms with Crippen LogP contribution in [0.25, 0.3) is 0 Å². The predicted octanol–water partition coefficient (Wildman–Crippen LogP) is 6.03. The van der Waals surface area contributed by atoms with Crippen molar-refractivity contribution in [3.8, 4) is 0 Å². The zero-order chi connectivity index (χ0) is 20.3. The molecule has 3 aromatic carbocycles. The first-order chi connectivity index (χ1) is 13.3. The van der Waals surface area contributed by atoms with Crippen molar-refractivity contribution >= 4 is 67.8 Å². The maximum atomic E-state index is 13.1. The van der Waals surface area contributed by atoms with Crippen molar-refractivity contribution < 1.29 is 13.9 Å². The molecule has 0 aliphatic heterocycles. The summed E-state index contributed by atoms with van der Waals surface area (Å²) >= 11 is 23.9. The topological polar surface area (TPSA) is 89.7 Å². The zero-order valence-corrected chi connectivity index (χ0v) is 18.5. The predicted molar refractivity (Wildman–Crippen MR) is 122 cm³/mol. The first-order valence-corrected chi connectivity index (χ1v) is 11.1. The van der Waals surface area contributed by atoms with Crippen LogP contribution in [0, 0.1) is 0 Å². The van der Waals surface area contributed by atoms with Gasteiger partial charge in [0.15, 0.2) is 5.37 Å². The van der Waals surface area contributed by atoms with Crippen molar-refractivity contribution in [2.24, 2.45) is 0 Å². The quantitative estimate of drug-likeness (QED) is 0.439. The Labute approximate surface area is 188 Å². The fourth-order valence-electron chi connectivity index (χ4n) is 2.49. The van der Waals surface area contributed by atoms with Crippen molar-refractivity contribution in [3.63, 3.8) is 0 Å². The van der Waals surface area contributed by atoms with Gasteiger partial charge in [-0.3, -0.25) is 4.72 Å². The van der Waals surface area contributed by atoms with Gasteiger partial charge in [0.2, 0.25) is 0 Å². The van der Waals surface area contributed by atoms with Gasteiger partial charge in [0.25, 0.3) is 10.0 Å². The Morgan fingerprint density at radius 3 is 1.76 bits per heavy atom. The van der Waals surface area contributed by atoms with Gasteiger partial charge in [0.1, 0.15) is 0 Å². The summed E-state index contributed by atoms with van der Waals surface area (Å²) in [6, 6.07) is 18.0. The van der Waals surface area contributed by atoms with Gasteiger partial charge in [-0.15, -0.1) is 0 Å². The first kappa shape index (κ1) is 23.6. The molecule has 0 spiro atoms. The highest BCUT2D eigenvalue weighted by Crippen LogP contribution is 2.32. The van der Waals surface area contributed by atoms with E-state index in [0.717, 1.165) is 0 Å². The molecule has 5 nitrogen and oxygen atoms in total. The Balaban J connectivity index is 0.00000300. The molecule has 0 radical (unpaired) electrons. The SMILES string of the molecule is O.O=S(=O)(Nc1ccc(Cl)c(Cl)c1)C(Nc1ccc(Cl)c(Cl)c1)c1ccccc1. The van der Waals surface area contributed by atoms with Crippen molar-refractivity contribution in [3.05, 3.63) is 92.4 Å². The molecule has 0 heterocycles. The molecule has 3 rings (SSSR count). The van der Waals surface area contributed by atoms with E-state index in [2.05, 4.69) is 10.0 Å². The molecule has 10 heteroatoms. The van der Waals surface area contributed by atoms with Crippen LogP contribution < -0.4 is 10.0 Å². The van der Waals surface area contributed by atoms with Crippen molar-refractivity contribution in [1.82, 2.24) is 0 Å². The minimum atomic E-state index is -3.92. The highest BCUT2D eigenvalue weighted by atomic mass is 35.5. The molecule has 0 fully saturated rings. The second kappa shape index (κ2) is 9.89. The lowest BCUT2D eigenvalue weighted by atomic mass is 10.2. The normalized spacial score (nSPS) is 12.0. The molecule has 0 aliphatic rings. The fourth-order valence-corrected chi connectivity index (χ4v) is 4.46. The molecule has 1 atom stereocenters. The largest absolute Gasteiger partial charge is 0.412 e. The van der Waals surface area contributed by atoms with E-state index in [1.54, 1.807) is 48.5 Å². The third-order valence-electron chi connectivity index (χ3n) is 3.81. The average Bonchev–Trinajstić information content (AvgIpc) is 2.66. The van der Waals surface area contributed by atoms with Gasteiger partial charge in [-0.2, -0.15) is 0 Å². The third-order valence-corrected chi connectivity index (χ3v) is 6.82. The van der Waals surface area contributed by atoms with Crippen LogP contribution in [0.2, 0.25) is 20.1 Å². The van der Waals surface area contributed by atoms with Crippen LogP contribution >= 0.6 is 46.4 Å². The maximum absolute atomic E-state index is 13.1. The van der Waals surface area contributed by atoms with Crippen LogP contribution in [-0.4, -0.2) is 13.9 Å². The molecule has 0 aromatic heterocycles. The van der Waals surface area contributed by atoms with Gasteiger partial charge in [0, 0.05) is 5.69 Å². The van der Waals surface area contributed by atoms with Gasteiger partial charge >= 0.3 is 0 Å². The van der Waals surface area contributed by atoms with Gasteiger partial charge in [-0.1, -0.05) is 76.7 Å². The molecule has 0 amide bonds. The Hall–Kier alpha value is -1.67. The van der Waals surface area contributed by atoms with Crippen LogP contribution in [0.4, 0.5) is 11.4 Å². The molecule has 1 unspecified atom stereocenters. The lowest BCUT2D eigenvalue weighted by molar-refractivity contribution is 0.593. The minimum absolute atomic E-state index is 0. The molecule has 0 bridgehead atoms. The summed E-state index contributed by atoms with van der Waals surface area (Å²) in [6.45, 7) is 0. The molecule has 4 N–H and O–H groups in total. The number of rotatable bonds is 6. The monoisotopic (exact) mass is 492 g/mol. The first-order valence-electron chi connectivity index (χ1n) is 7.99. The van der Waals surface area contributed by atoms with E-state index >= 15 is 0 Å². The second-order valence-electron chi connectivity index (χ2n) is 5.84. The Morgan fingerprint density at radius 1 is 0.690 bits per heavy atom. The zero-order valence-electron chi connectivity index (χ0n) is 14.7. The summed E-state index contributed by atoms with van der Waals surface area (Å²) in [5.41, 5.74) is 1.34. The lowest BCUT2D eigenvalue weighted by Crippen LogP contribution is -2.27. The Morgan fingerprint density at radius 2 is 1.21 bits per heavy atom. The van der Waals surface area contributed by atoms with Gasteiger partial charge in [-0.05, 0) is 42.0 Å². The summed E-state index contributed by atoms with van der Waals surface area (Å²) in [4.78, 5) is 0. The van der Waals surface area contributed by atoms with Crippen LogP contribution in [0.5, 0.6) is 0 Å². The molecule has 29 heavy (non-hydrogen) atoms. The molecule has 0 saturated heterocycles. The minimum Gasteiger partial charge on any atom is -0.412 e. The summed E-state index contributed by atoms with van der Waals surface area (Å²) < 4.78 is 28.8. The smallest absolute Gasteiger partial charge is 0.258 e. The maximum Gasteiger partial charge on any atom is 0.258 e. The highest BCUT2D eigenvalue weighted by molar-refractivity contribution is 7.93. The van der Waals surface area contributed by atoms with Crippen molar-refractivity contribution in [1.29, 1.82) is 0 Å². The molecule has 0 saturated carbocycles. The standard InChI is InChI=1S/C19H14Cl4N2O2S.H2O/c20-15-8-6-13(10-17(15)22)24-19(12-4-2-1-3-5-12)28(26,27)25-14-7-9-16(21)18(23)11-14;/h1-11,19,24-25H;1H2. The van der Waals surface area contributed by atoms with E-state index in [4.69, 9.17) is 46.4 Å². The van der Waals surface area contributed by atoms with Crippen LogP contribution in [0.1, 0.15) is 10.9 Å². The number of hydrogen-bond acceptors (Lipinski definition) is 3. The Kier molecular flexibility index (Phi) is 8.05. The molecule has 0 aliphatic carbocycles. The molecule has 3 aromatic rings. The summed E-state index contributed by atoms with van der Waals surface area (Å²) in [7, 11) is -3.92. The summed E-state index contributed by atoms with van der Waals surface area (Å²) in [5.74, 6) is 0. The van der Waals surface area contributed by atoms with Crippen LogP contribution in [-0.2, 0) is 10.0 Å². The number of benzene rings is 3. The number of anilines is 2. The van der Waals surface area contributed by atoms with Crippen LogP contribution in [0.3, 0.4) is 0 Å². The van der Waals surface area contributed by atoms with Gasteiger partial charge < -0.3 is 10.8 Å². The lowest BCUT2D eigenvalue weighted by Gasteiger charge is -2.22. The van der Waals surface area contributed by atoms with Crippen molar-refractivity contribution in [2.75, 3.05) is 10.0 Å². The van der Waals surface area contributed by atoms with Gasteiger partial charge in [-0.25, -0.2) is 8.42 Å². The van der Waals surface area contributed by atoms with E-state index in [1.807, 2.05) is 0 Å².